The molecule has 1 aliphatic carbocycles. The fraction of sp³-hybridized carbons (Fsp3) is 0.192. The number of benzene rings is 3. The molecule has 1 aliphatic rings. The van der Waals surface area contributed by atoms with Gasteiger partial charge < -0.3 is 4.74 Å². The first-order chi connectivity index (χ1) is 15.0. The Labute approximate surface area is 185 Å². The summed E-state index contributed by atoms with van der Waals surface area (Å²) in [5.74, 6) is -1.50. The SMILES string of the molecule is N#C[C@@H](/C=C(\F)[C@@H](c1ccc(Cl)cc1)C1CC1)c1ccc(F)c(Oc2ccccc2)c1. The smallest absolute Gasteiger partial charge is 0.165 e. The van der Waals surface area contributed by atoms with Crippen molar-refractivity contribution >= 4 is 11.6 Å². The van der Waals surface area contributed by atoms with Gasteiger partial charge in [-0.2, -0.15) is 5.26 Å². The molecule has 156 valence electrons. The zero-order chi connectivity index (χ0) is 21.8. The molecule has 4 rings (SSSR count). The van der Waals surface area contributed by atoms with Crippen molar-refractivity contribution in [1.82, 2.24) is 0 Å². The number of ether oxygens (including phenoxy) is 1. The predicted molar refractivity (Wildman–Crippen MR) is 117 cm³/mol. The molecule has 0 N–H and O–H groups in total. The molecular formula is C26H20ClF2NO. The molecular weight excluding hydrogens is 416 g/mol. The van der Waals surface area contributed by atoms with Crippen molar-refractivity contribution in [2.45, 2.75) is 24.7 Å². The summed E-state index contributed by atoms with van der Waals surface area (Å²) in [6, 6.07) is 22.2. The van der Waals surface area contributed by atoms with Crippen LogP contribution in [0.25, 0.3) is 0 Å². The van der Waals surface area contributed by atoms with E-state index in [-0.39, 0.29) is 17.5 Å². The highest BCUT2D eigenvalue weighted by Gasteiger charge is 2.35. The van der Waals surface area contributed by atoms with E-state index in [1.54, 1.807) is 36.4 Å². The van der Waals surface area contributed by atoms with E-state index in [1.807, 2.05) is 18.2 Å². The number of hydrogen-bond donors (Lipinski definition) is 0. The van der Waals surface area contributed by atoms with E-state index >= 15 is 4.39 Å². The Bertz CT molecular complexity index is 1120. The summed E-state index contributed by atoms with van der Waals surface area (Å²) in [7, 11) is 0. The normalized spacial score (nSPS) is 15.7. The predicted octanol–water partition coefficient (Wildman–Crippen LogP) is 7.93. The van der Waals surface area contributed by atoms with Gasteiger partial charge >= 0.3 is 0 Å². The van der Waals surface area contributed by atoms with Gasteiger partial charge in [-0.1, -0.05) is 48.0 Å². The number of nitrogens with zero attached hydrogens (tertiary/aromatic N) is 1. The van der Waals surface area contributed by atoms with Gasteiger partial charge in [-0.15, -0.1) is 0 Å². The van der Waals surface area contributed by atoms with Gasteiger partial charge in [-0.05, 0) is 72.4 Å². The van der Waals surface area contributed by atoms with Gasteiger partial charge in [0.05, 0.1) is 12.0 Å². The first-order valence-electron chi connectivity index (χ1n) is 10.1. The van der Waals surface area contributed by atoms with Gasteiger partial charge in [0.1, 0.15) is 11.6 Å². The lowest BCUT2D eigenvalue weighted by Crippen LogP contribution is -2.04. The van der Waals surface area contributed by atoms with Crippen molar-refractivity contribution in [1.29, 1.82) is 5.26 Å². The second-order valence-corrected chi connectivity index (χ2v) is 8.07. The van der Waals surface area contributed by atoms with Crippen LogP contribution in [0, 0.1) is 23.1 Å². The molecule has 2 nitrogen and oxygen atoms in total. The van der Waals surface area contributed by atoms with Crippen molar-refractivity contribution in [3.05, 3.63) is 107 Å². The zero-order valence-electron chi connectivity index (χ0n) is 16.6. The maximum atomic E-state index is 15.4. The summed E-state index contributed by atoms with van der Waals surface area (Å²) < 4.78 is 35.3. The minimum Gasteiger partial charge on any atom is -0.454 e. The molecule has 0 bridgehead atoms. The van der Waals surface area contributed by atoms with E-state index in [9.17, 15) is 9.65 Å². The third-order valence-corrected chi connectivity index (χ3v) is 5.62. The highest BCUT2D eigenvalue weighted by atomic mass is 35.5. The lowest BCUT2D eigenvalue weighted by molar-refractivity contribution is 0.441. The van der Waals surface area contributed by atoms with Crippen LogP contribution in [0.4, 0.5) is 8.78 Å². The number of allylic oxidation sites excluding steroid dienone is 2. The van der Waals surface area contributed by atoms with Crippen molar-refractivity contribution in [3.63, 3.8) is 0 Å². The Hall–Kier alpha value is -3.16. The fourth-order valence-corrected chi connectivity index (χ4v) is 3.76. The number of hydrogen-bond acceptors (Lipinski definition) is 2. The van der Waals surface area contributed by atoms with E-state index in [2.05, 4.69) is 6.07 Å². The third kappa shape index (κ3) is 5.13. The van der Waals surface area contributed by atoms with Gasteiger partial charge in [0, 0.05) is 10.9 Å². The zero-order valence-corrected chi connectivity index (χ0v) is 17.4. The summed E-state index contributed by atoms with van der Waals surface area (Å²) in [5, 5.41) is 10.3. The number of nitriles is 1. The molecule has 3 aromatic rings. The molecule has 0 aromatic heterocycles. The summed E-state index contributed by atoms with van der Waals surface area (Å²) in [5.41, 5.74) is 1.31. The van der Waals surface area contributed by atoms with Gasteiger partial charge in [0.2, 0.25) is 0 Å². The molecule has 31 heavy (non-hydrogen) atoms. The quantitative estimate of drug-likeness (QED) is 0.377. The van der Waals surface area contributed by atoms with Gasteiger partial charge in [-0.25, -0.2) is 8.78 Å². The monoisotopic (exact) mass is 435 g/mol. The van der Waals surface area contributed by atoms with Crippen LogP contribution < -0.4 is 4.74 Å². The summed E-state index contributed by atoms with van der Waals surface area (Å²) in [6.45, 7) is 0. The lowest BCUT2D eigenvalue weighted by atomic mass is 9.90. The molecule has 3 aromatic carbocycles. The molecule has 0 unspecified atom stereocenters. The molecule has 0 heterocycles. The molecule has 5 heteroatoms. The highest BCUT2D eigenvalue weighted by Crippen LogP contribution is 2.47. The van der Waals surface area contributed by atoms with E-state index in [0.717, 1.165) is 18.4 Å². The van der Waals surface area contributed by atoms with Crippen molar-refractivity contribution in [2.24, 2.45) is 5.92 Å². The fourth-order valence-electron chi connectivity index (χ4n) is 3.63. The Morgan fingerprint density at radius 3 is 2.35 bits per heavy atom. The van der Waals surface area contributed by atoms with Crippen LogP contribution in [0.2, 0.25) is 5.02 Å². The van der Waals surface area contributed by atoms with Crippen LogP contribution >= 0.6 is 11.6 Å². The summed E-state index contributed by atoms with van der Waals surface area (Å²) >= 11 is 5.97. The molecule has 1 saturated carbocycles. The van der Waals surface area contributed by atoms with Crippen LogP contribution in [0.15, 0.2) is 84.7 Å². The average molecular weight is 436 g/mol. The molecule has 0 aliphatic heterocycles. The van der Waals surface area contributed by atoms with Crippen LogP contribution in [-0.4, -0.2) is 0 Å². The number of para-hydroxylation sites is 1. The Morgan fingerprint density at radius 1 is 1.03 bits per heavy atom. The third-order valence-electron chi connectivity index (χ3n) is 5.37. The second kappa shape index (κ2) is 9.32. The second-order valence-electron chi connectivity index (χ2n) is 7.63. The standard InChI is InChI=1S/C26H20ClF2NO/c27-21-11-8-18(9-12-21)26(17-6-7-17)24(29)14-20(16-30)19-10-13-23(28)25(15-19)31-22-4-2-1-3-5-22/h1-5,8-15,17,20,26H,6-7H2/b24-14-/t20-,26-/m1/s1. The largest absolute Gasteiger partial charge is 0.454 e. The lowest BCUT2D eigenvalue weighted by Gasteiger charge is -2.17. The molecule has 2 atom stereocenters. The van der Waals surface area contributed by atoms with Crippen molar-refractivity contribution in [2.75, 3.05) is 0 Å². The van der Waals surface area contributed by atoms with Gasteiger partial charge in [-0.3, -0.25) is 0 Å². The molecule has 0 amide bonds. The van der Waals surface area contributed by atoms with E-state index in [0.29, 0.717) is 16.3 Å². The van der Waals surface area contributed by atoms with E-state index < -0.39 is 17.7 Å². The van der Waals surface area contributed by atoms with Gasteiger partial charge in [0.15, 0.2) is 11.6 Å². The first-order valence-corrected chi connectivity index (χ1v) is 10.5. The topological polar surface area (TPSA) is 33.0 Å². The average Bonchev–Trinajstić information content (AvgIpc) is 3.61. The molecule has 1 fully saturated rings. The maximum Gasteiger partial charge on any atom is 0.165 e. The Balaban J connectivity index is 1.62. The first kappa shape index (κ1) is 21.1. The van der Waals surface area contributed by atoms with Crippen molar-refractivity contribution in [3.8, 4) is 17.6 Å². The van der Waals surface area contributed by atoms with E-state index in [4.69, 9.17) is 16.3 Å². The van der Waals surface area contributed by atoms with Crippen LogP contribution in [0.1, 0.15) is 35.8 Å². The van der Waals surface area contributed by atoms with Crippen LogP contribution in [-0.2, 0) is 0 Å². The van der Waals surface area contributed by atoms with Crippen LogP contribution in [0.3, 0.4) is 0 Å². The minimum absolute atomic E-state index is 0.00537. The molecule has 0 radical (unpaired) electrons. The maximum absolute atomic E-state index is 15.4. The van der Waals surface area contributed by atoms with Gasteiger partial charge in [0.25, 0.3) is 0 Å². The molecule has 0 saturated heterocycles. The number of halogens is 3. The molecule has 0 spiro atoms. The Morgan fingerprint density at radius 2 is 1.71 bits per heavy atom. The van der Waals surface area contributed by atoms with Crippen molar-refractivity contribution < 1.29 is 13.5 Å². The Kier molecular flexibility index (Phi) is 6.34. The van der Waals surface area contributed by atoms with E-state index in [1.165, 1.54) is 24.3 Å². The summed E-state index contributed by atoms with van der Waals surface area (Å²) in [6.07, 6.45) is 3.21. The number of rotatable bonds is 7. The minimum atomic E-state index is -0.868. The summed E-state index contributed by atoms with van der Waals surface area (Å²) in [4.78, 5) is 0. The van der Waals surface area contributed by atoms with Crippen LogP contribution in [0.5, 0.6) is 11.5 Å². The highest BCUT2D eigenvalue weighted by molar-refractivity contribution is 6.30.